The van der Waals surface area contributed by atoms with Crippen LogP contribution >= 0.6 is 0 Å². The van der Waals surface area contributed by atoms with Crippen LogP contribution in [0.2, 0.25) is 0 Å². The van der Waals surface area contributed by atoms with Gasteiger partial charge in [-0.25, -0.2) is 8.42 Å². The first-order valence-electron chi connectivity index (χ1n) is 5.39. The second-order valence-corrected chi connectivity index (χ2v) is 4.67. The molecule has 19 heavy (non-hydrogen) atoms. The number of nitrogens with one attached hydrogen (secondary N) is 1. The molecule has 0 aliphatic heterocycles. The number of carbonyl (C=O) groups excluding carboxylic acids is 1. The van der Waals surface area contributed by atoms with E-state index in [0.29, 0.717) is 13.0 Å². The molecule has 0 radical (unpaired) electrons. The molecular weight excluding hydrogens is 281 g/mol. The smallest absolute Gasteiger partial charge is 0.731 e. The molecule has 0 spiro atoms. The number of carbonyl (C=O) groups is 1. The maximum absolute atomic E-state index is 11.1. The van der Waals surface area contributed by atoms with Crippen LogP contribution in [0.5, 0.6) is 0 Å². The Kier molecular flexibility index (Phi) is 8.28. The molecule has 6 nitrogen and oxygen atoms in total. The summed E-state index contributed by atoms with van der Waals surface area (Å²) in [6.07, 6.45) is 0.768. The summed E-state index contributed by atoms with van der Waals surface area (Å²) < 4.78 is 37.9. The zero-order valence-electron chi connectivity index (χ0n) is 10.9. The molecule has 0 saturated heterocycles. The van der Waals surface area contributed by atoms with E-state index in [-0.39, 0.29) is 47.6 Å². The molecule has 0 fully saturated rings. The Morgan fingerprint density at radius 2 is 1.89 bits per heavy atom. The molecule has 0 aliphatic carbocycles. The van der Waals surface area contributed by atoms with Crippen LogP contribution in [-0.4, -0.2) is 25.5 Å². The fraction of sp³-hybridized carbons (Fsp3) is 0.364. The van der Waals surface area contributed by atoms with Gasteiger partial charge in [0.05, 0.1) is 6.61 Å². The average Bonchev–Trinajstić information content (AvgIpc) is 2.26. The van der Waals surface area contributed by atoms with Crippen molar-refractivity contribution in [3.8, 4) is 0 Å². The second kappa shape index (κ2) is 8.55. The van der Waals surface area contributed by atoms with Crippen LogP contribution in [0.3, 0.4) is 0 Å². The Morgan fingerprint density at radius 1 is 1.32 bits per heavy atom. The van der Waals surface area contributed by atoms with E-state index in [1.165, 1.54) is 12.1 Å². The van der Waals surface area contributed by atoms with Gasteiger partial charge < -0.3 is 9.29 Å². The van der Waals surface area contributed by atoms with Gasteiger partial charge in [0.2, 0.25) is 0 Å². The summed E-state index contributed by atoms with van der Waals surface area (Å²) >= 11 is 0. The van der Waals surface area contributed by atoms with Gasteiger partial charge in [-0.15, -0.1) is 0 Å². The third kappa shape index (κ3) is 8.22. The molecule has 0 bridgehead atoms. The number of hydrogen-bond acceptors (Lipinski definition) is 5. The van der Waals surface area contributed by atoms with Gasteiger partial charge in [0, 0.05) is 12.1 Å². The van der Waals surface area contributed by atoms with Crippen LogP contribution in [0.1, 0.15) is 18.9 Å². The standard InChI is InChI=1S/C11H15NO5S.Na/c1-2-17-11(13)8-5-9-3-6-10(7-4-9)12-18(14,15)16;/h3-4,6-7,12H,2,5,8H2,1H3,(H,14,15,16);/q;+1/p-1. The normalized spacial score (nSPS) is 10.4. The van der Waals surface area contributed by atoms with Crippen molar-refractivity contribution in [3.63, 3.8) is 0 Å². The van der Waals surface area contributed by atoms with Crippen LogP contribution < -0.4 is 34.3 Å². The van der Waals surface area contributed by atoms with Gasteiger partial charge in [-0.05, 0) is 31.0 Å². The van der Waals surface area contributed by atoms with Crippen molar-refractivity contribution in [2.75, 3.05) is 11.3 Å². The topological polar surface area (TPSA) is 95.5 Å². The van der Waals surface area contributed by atoms with E-state index < -0.39 is 10.3 Å². The van der Waals surface area contributed by atoms with Gasteiger partial charge in [-0.1, -0.05) is 12.1 Å². The van der Waals surface area contributed by atoms with E-state index in [2.05, 4.69) is 0 Å². The first-order chi connectivity index (χ1) is 8.40. The predicted molar refractivity (Wildman–Crippen MR) is 64.7 cm³/mol. The van der Waals surface area contributed by atoms with E-state index in [9.17, 15) is 17.8 Å². The average molecular weight is 295 g/mol. The summed E-state index contributed by atoms with van der Waals surface area (Å²) in [5, 5.41) is 0. The maximum atomic E-state index is 11.1. The summed E-state index contributed by atoms with van der Waals surface area (Å²) in [5.41, 5.74) is 1.06. The molecule has 8 heteroatoms. The van der Waals surface area contributed by atoms with Gasteiger partial charge >= 0.3 is 35.5 Å². The number of benzene rings is 1. The van der Waals surface area contributed by atoms with E-state index in [4.69, 9.17) is 4.74 Å². The number of aryl methyl sites for hydroxylation is 1. The molecule has 0 aromatic heterocycles. The fourth-order valence-corrected chi connectivity index (χ4v) is 1.79. The fourth-order valence-electron chi connectivity index (χ4n) is 1.36. The van der Waals surface area contributed by atoms with Gasteiger partial charge in [0.1, 0.15) is 0 Å². The molecule has 0 saturated carbocycles. The minimum atomic E-state index is -4.50. The van der Waals surface area contributed by atoms with E-state index >= 15 is 0 Å². The zero-order chi connectivity index (χ0) is 13.6. The van der Waals surface area contributed by atoms with Crippen molar-refractivity contribution < 1.29 is 52.1 Å². The van der Waals surface area contributed by atoms with Crippen molar-refractivity contribution in [3.05, 3.63) is 29.8 Å². The molecule has 0 unspecified atom stereocenters. The predicted octanol–water partition coefficient (Wildman–Crippen LogP) is -1.94. The van der Waals surface area contributed by atoms with Crippen molar-refractivity contribution in [1.29, 1.82) is 0 Å². The summed E-state index contributed by atoms with van der Waals surface area (Å²) in [5.74, 6) is -0.276. The van der Waals surface area contributed by atoms with E-state index in [1.54, 1.807) is 19.1 Å². The minimum Gasteiger partial charge on any atom is -0.731 e. The van der Waals surface area contributed by atoms with Gasteiger partial charge in [0.15, 0.2) is 10.3 Å². The Balaban J connectivity index is 0.00000324. The molecule has 1 aromatic rings. The van der Waals surface area contributed by atoms with Crippen molar-refractivity contribution in [2.24, 2.45) is 0 Å². The summed E-state index contributed by atoms with van der Waals surface area (Å²) in [7, 11) is -4.50. The van der Waals surface area contributed by atoms with Crippen LogP contribution in [0.4, 0.5) is 5.69 Å². The van der Waals surface area contributed by atoms with Gasteiger partial charge in [0.25, 0.3) is 0 Å². The molecular formula is C11H14NNaO5S. The maximum Gasteiger partial charge on any atom is 1.00 e. The Hall–Kier alpha value is -0.600. The van der Waals surface area contributed by atoms with Crippen molar-refractivity contribution >= 4 is 22.0 Å². The summed E-state index contributed by atoms with van der Waals surface area (Å²) in [4.78, 5) is 11.1. The van der Waals surface area contributed by atoms with Crippen LogP contribution in [0.15, 0.2) is 24.3 Å². The van der Waals surface area contributed by atoms with Gasteiger partial charge in [-0.3, -0.25) is 9.52 Å². The first kappa shape index (κ1) is 18.4. The molecule has 1 N–H and O–H groups in total. The molecule has 1 rings (SSSR count). The number of ether oxygens (including phenoxy) is 1. The summed E-state index contributed by atoms with van der Waals surface area (Å²) in [6.45, 7) is 2.09. The number of hydrogen-bond donors (Lipinski definition) is 1. The third-order valence-electron chi connectivity index (χ3n) is 2.12. The van der Waals surface area contributed by atoms with Crippen molar-refractivity contribution in [1.82, 2.24) is 0 Å². The first-order valence-corrected chi connectivity index (χ1v) is 6.79. The number of rotatable bonds is 6. The largest absolute Gasteiger partial charge is 1.00 e. The molecule has 0 heterocycles. The zero-order valence-corrected chi connectivity index (χ0v) is 13.7. The molecule has 100 valence electrons. The second-order valence-electron chi connectivity index (χ2n) is 3.56. The van der Waals surface area contributed by atoms with E-state index in [0.717, 1.165) is 5.56 Å². The molecule has 0 amide bonds. The number of anilines is 1. The molecule has 0 atom stereocenters. The monoisotopic (exact) mass is 295 g/mol. The Labute approximate surface area is 134 Å². The third-order valence-corrected chi connectivity index (χ3v) is 2.61. The van der Waals surface area contributed by atoms with E-state index in [1.807, 2.05) is 4.72 Å². The van der Waals surface area contributed by atoms with Gasteiger partial charge in [-0.2, -0.15) is 0 Å². The molecule has 1 aromatic carbocycles. The van der Waals surface area contributed by atoms with Crippen LogP contribution in [0, 0.1) is 0 Å². The Bertz CT molecular complexity index is 500. The SMILES string of the molecule is CCOC(=O)CCc1ccc(NS(=O)(=O)[O-])cc1.[Na+]. The van der Waals surface area contributed by atoms with Crippen molar-refractivity contribution in [2.45, 2.75) is 19.8 Å². The summed E-state index contributed by atoms with van der Waals surface area (Å²) in [6, 6.07) is 6.23. The Morgan fingerprint density at radius 3 is 2.37 bits per heavy atom. The molecule has 0 aliphatic rings. The van der Waals surface area contributed by atoms with Crippen LogP contribution in [-0.2, 0) is 26.3 Å². The van der Waals surface area contributed by atoms with Crippen LogP contribution in [0.25, 0.3) is 0 Å². The minimum absolute atomic E-state index is 0. The number of esters is 1. The quantitative estimate of drug-likeness (QED) is 0.374.